The van der Waals surface area contributed by atoms with Gasteiger partial charge in [-0.15, -0.1) is 0 Å². The highest BCUT2D eigenvalue weighted by Crippen LogP contribution is 2.15. The lowest BCUT2D eigenvalue weighted by Gasteiger charge is -2.15. The van der Waals surface area contributed by atoms with E-state index in [1.807, 2.05) is 18.2 Å². The summed E-state index contributed by atoms with van der Waals surface area (Å²) in [5.41, 5.74) is 1.95. The molecule has 1 aromatic rings. The summed E-state index contributed by atoms with van der Waals surface area (Å²) >= 11 is 0. The summed E-state index contributed by atoms with van der Waals surface area (Å²) in [7, 11) is 0. The third-order valence-corrected chi connectivity index (χ3v) is 3.16. The molecule has 2 rings (SSSR count). The van der Waals surface area contributed by atoms with Crippen molar-refractivity contribution >= 4 is 5.91 Å². The first kappa shape index (κ1) is 12.1. The van der Waals surface area contributed by atoms with Crippen LogP contribution in [0.4, 0.5) is 0 Å². The number of aryl methyl sites for hydroxylation is 1. The Labute approximate surface area is 102 Å². The van der Waals surface area contributed by atoms with E-state index in [-0.39, 0.29) is 12.0 Å². The fourth-order valence-electron chi connectivity index (χ4n) is 2.26. The molecule has 1 aliphatic rings. The van der Waals surface area contributed by atoms with Crippen LogP contribution in [0.25, 0.3) is 0 Å². The molecule has 0 bridgehead atoms. The number of β-amino-alcohol motifs (C(OH)–C–C–N with tert-alkyl or cyclic N) is 1. The Balaban J connectivity index is 2.10. The fraction of sp³-hybridized carbons (Fsp3) is 0.500. The topological polar surface area (TPSA) is 40.5 Å². The van der Waals surface area contributed by atoms with Gasteiger partial charge in [0.1, 0.15) is 0 Å². The minimum Gasteiger partial charge on any atom is -0.391 e. The van der Waals surface area contributed by atoms with Gasteiger partial charge in [0.2, 0.25) is 0 Å². The second-order valence-electron chi connectivity index (χ2n) is 4.64. The van der Waals surface area contributed by atoms with Gasteiger partial charge in [-0.3, -0.25) is 4.79 Å². The van der Waals surface area contributed by atoms with Crippen molar-refractivity contribution in [3.63, 3.8) is 0 Å². The molecule has 0 radical (unpaired) electrons. The molecule has 0 aliphatic carbocycles. The molecular weight excluding hydrogens is 214 g/mol. The molecule has 1 N–H and O–H groups in total. The van der Waals surface area contributed by atoms with Crippen LogP contribution < -0.4 is 0 Å². The van der Waals surface area contributed by atoms with Gasteiger partial charge in [0.25, 0.3) is 5.91 Å². The molecule has 1 fully saturated rings. The smallest absolute Gasteiger partial charge is 0.253 e. The van der Waals surface area contributed by atoms with Crippen LogP contribution in [0.15, 0.2) is 24.3 Å². The normalized spacial score (nSPS) is 19.6. The van der Waals surface area contributed by atoms with Crippen molar-refractivity contribution in [2.24, 2.45) is 0 Å². The molecule has 0 aromatic heterocycles. The number of hydrogen-bond donors (Lipinski definition) is 1. The minimum absolute atomic E-state index is 0.0412. The molecule has 1 atom stereocenters. The molecule has 1 saturated heterocycles. The summed E-state index contributed by atoms with van der Waals surface area (Å²) in [6.45, 7) is 3.26. The zero-order valence-corrected chi connectivity index (χ0v) is 10.2. The first-order valence-electron chi connectivity index (χ1n) is 6.27. The summed E-state index contributed by atoms with van der Waals surface area (Å²) in [5, 5.41) is 9.44. The number of aliphatic hydroxyl groups excluding tert-OH is 1. The van der Waals surface area contributed by atoms with E-state index in [1.54, 1.807) is 4.90 Å². The van der Waals surface area contributed by atoms with Crippen molar-refractivity contribution in [2.75, 3.05) is 13.1 Å². The third-order valence-electron chi connectivity index (χ3n) is 3.16. The molecule has 1 heterocycles. The van der Waals surface area contributed by atoms with Gasteiger partial charge in [0.05, 0.1) is 6.10 Å². The maximum Gasteiger partial charge on any atom is 0.253 e. The number of rotatable bonds is 3. The van der Waals surface area contributed by atoms with E-state index >= 15 is 0 Å². The maximum atomic E-state index is 12.2. The highest BCUT2D eigenvalue weighted by Gasteiger charge is 2.25. The third kappa shape index (κ3) is 2.86. The monoisotopic (exact) mass is 233 g/mol. The summed E-state index contributed by atoms with van der Waals surface area (Å²) < 4.78 is 0. The second kappa shape index (κ2) is 5.32. The van der Waals surface area contributed by atoms with Crippen LogP contribution in [0.3, 0.4) is 0 Å². The van der Waals surface area contributed by atoms with Crippen LogP contribution >= 0.6 is 0 Å². The Morgan fingerprint density at radius 1 is 1.53 bits per heavy atom. The molecular formula is C14H19NO2. The van der Waals surface area contributed by atoms with E-state index in [0.717, 1.165) is 18.4 Å². The van der Waals surface area contributed by atoms with Crippen molar-refractivity contribution in [2.45, 2.75) is 32.3 Å². The van der Waals surface area contributed by atoms with E-state index in [9.17, 15) is 9.90 Å². The van der Waals surface area contributed by atoms with Crippen LogP contribution in [0.5, 0.6) is 0 Å². The SMILES string of the molecule is CCCc1cccc(C(=O)N2CC[C@@H](O)C2)c1. The van der Waals surface area contributed by atoms with Crippen molar-refractivity contribution in [3.8, 4) is 0 Å². The van der Waals surface area contributed by atoms with Crippen LogP contribution in [0.2, 0.25) is 0 Å². The summed E-state index contributed by atoms with van der Waals surface area (Å²) in [4.78, 5) is 13.9. The van der Waals surface area contributed by atoms with Crippen molar-refractivity contribution < 1.29 is 9.90 Å². The Kier molecular flexibility index (Phi) is 3.79. The lowest BCUT2D eigenvalue weighted by molar-refractivity contribution is 0.0765. The lowest BCUT2D eigenvalue weighted by atomic mass is 10.1. The minimum atomic E-state index is -0.349. The predicted octanol–water partition coefficient (Wildman–Crippen LogP) is 1.85. The highest BCUT2D eigenvalue weighted by molar-refractivity contribution is 5.94. The van der Waals surface area contributed by atoms with Crippen LogP contribution in [-0.4, -0.2) is 35.1 Å². The van der Waals surface area contributed by atoms with Crippen molar-refractivity contribution in [1.82, 2.24) is 4.90 Å². The molecule has 1 amide bonds. The van der Waals surface area contributed by atoms with Gasteiger partial charge in [0.15, 0.2) is 0 Å². The number of nitrogens with zero attached hydrogens (tertiary/aromatic N) is 1. The lowest BCUT2D eigenvalue weighted by Crippen LogP contribution is -2.29. The van der Waals surface area contributed by atoms with E-state index in [0.29, 0.717) is 19.5 Å². The van der Waals surface area contributed by atoms with E-state index < -0.39 is 0 Å². The van der Waals surface area contributed by atoms with Gasteiger partial charge >= 0.3 is 0 Å². The number of carbonyl (C=O) groups is 1. The van der Waals surface area contributed by atoms with Crippen molar-refractivity contribution in [1.29, 1.82) is 0 Å². The van der Waals surface area contributed by atoms with Gasteiger partial charge in [-0.05, 0) is 30.5 Å². The van der Waals surface area contributed by atoms with E-state index in [2.05, 4.69) is 13.0 Å². The molecule has 3 heteroatoms. The average molecular weight is 233 g/mol. The number of hydrogen-bond acceptors (Lipinski definition) is 2. The molecule has 3 nitrogen and oxygen atoms in total. The Bertz CT molecular complexity index is 403. The number of benzene rings is 1. The van der Waals surface area contributed by atoms with E-state index in [4.69, 9.17) is 0 Å². The predicted molar refractivity (Wildman–Crippen MR) is 67.0 cm³/mol. The fourth-order valence-corrected chi connectivity index (χ4v) is 2.26. The Morgan fingerprint density at radius 3 is 3.00 bits per heavy atom. The number of amides is 1. The van der Waals surface area contributed by atoms with Crippen LogP contribution in [0, 0.1) is 0 Å². The zero-order valence-electron chi connectivity index (χ0n) is 10.2. The Hall–Kier alpha value is -1.35. The molecule has 0 spiro atoms. The highest BCUT2D eigenvalue weighted by atomic mass is 16.3. The van der Waals surface area contributed by atoms with Crippen molar-refractivity contribution in [3.05, 3.63) is 35.4 Å². The number of aliphatic hydroxyl groups is 1. The molecule has 0 saturated carbocycles. The number of carbonyl (C=O) groups excluding carboxylic acids is 1. The van der Waals surface area contributed by atoms with Gasteiger partial charge in [-0.1, -0.05) is 25.5 Å². The summed E-state index contributed by atoms with van der Waals surface area (Å²) in [5.74, 6) is 0.0412. The molecule has 92 valence electrons. The van der Waals surface area contributed by atoms with E-state index in [1.165, 1.54) is 5.56 Å². The maximum absolute atomic E-state index is 12.2. The average Bonchev–Trinajstić information content (AvgIpc) is 2.76. The first-order valence-corrected chi connectivity index (χ1v) is 6.27. The first-order chi connectivity index (χ1) is 8.20. The Morgan fingerprint density at radius 2 is 2.35 bits per heavy atom. The quantitative estimate of drug-likeness (QED) is 0.865. The summed E-state index contributed by atoms with van der Waals surface area (Å²) in [6, 6.07) is 7.81. The second-order valence-corrected chi connectivity index (χ2v) is 4.64. The van der Waals surface area contributed by atoms with Gasteiger partial charge < -0.3 is 10.0 Å². The largest absolute Gasteiger partial charge is 0.391 e. The molecule has 1 aromatic carbocycles. The zero-order chi connectivity index (χ0) is 12.3. The van der Waals surface area contributed by atoms with Crippen LogP contribution in [-0.2, 0) is 6.42 Å². The van der Waals surface area contributed by atoms with Gasteiger partial charge in [-0.2, -0.15) is 0 Å². The summed E-state index contributed by atoms with van der Waals surface area (Å²) in [6.07, 6.45) is 2.43. The van der Waals surface area contributed by atoms with Gasteiger partial charge in [-0.25, -0.2) is 0 Å². The molecule has 17 heavy (non-hydrogen) atoms. The molecule has 0 unspecified atom stereocenters. The van der Waals surface area contributed by atoms with Gasteiger partial charge in [0, 0.05) is 18.7 Å². The molecule has 1 aliphatic heterocycles. The number of likely N-dealkylation sites (tertiary alicyclic amines) is 1. The standard InChI is InChI=1S/C14H19NO2/c1-2-4-11-5-3-6-12(9-11)14(17)15-8-7-13(16)10-15/h3,5-6,9,13,16H,2,4,7-8,10H2,1H3/t13-/m1/s1. The van der Waals surface area contributed by atoms with Crippen LogP contribution in [0.1, 0.15) is 35.7 Å².